The van der Waals surface area contributed by atoms with Gasteiger partial charge < -0.3 is 10.1 Å². The Morgan fingerprint density at radius 2 is 1.81 bits per heavy atom. The number of nitrogens with zero attached hydrogens (tertiary/aromatic N) is 2. The van der Waals surface area contributed by atoms with E-state index in [0.717, 1.165) is 25.9 Å². The number of morpholine rings is 1. The van der Waals surface area contributed by atoms with Crippen molar-refractivity contribution in [2.75, 3.05) is 39.3 Å². The van der Waals surface area contributed by atoms with E-state index in [9.17, 15) is 8.42 Å². The predicted octanol–water partition coefficient (Wildman–Crippen LogP) is 0.448. The van der Waals surface area contributed by atoms with Crippen molar-refractivity contribution >= 4 is 22.6 Å². The smallest absolute Gasteiger partial charge is 0.282 e. The van der Waals surface area contributed by atoms with Gasteiger partial charge in [0.2, 0.25) is 0 Å². The van der Waals surface area contributed by atoms with E-state index in [2.05, 4.69) is 5.32 Å². The molecule has 3 aliphatic heterocycles. The summed E-state index contributed by atoms with van der Waals surface area (Å²) in [5.41, 5.74) is 0.177. The number of ether oxygens (including phenoxy) is 1. The van der Waals surface area contributed by atoms with Crippen molar-refractivity contribution in [3.63, 3.8) is 0 Å². The summed E-state index contributed by atoms with van der Waals surface area (Å²) in [6.07, 6.45) is 2.01. The topological polar surface area (TPSA) is 61.9 Å². The molecular formula is C13H26ClN3O3S. The van der Waals surface area contributed by atoms with Gasteiger partial charge in [0, 0.05) is 32.7 Å². The molecule has 3 aliphatic rings. The second kappa shape index (κ2) is 6.29. The molecule has 1 N–H and O–H groups in total. The highest BCUT2D eigenvalue weighted by molar-refractivity contribution is 7.86. The number of rotatable bonds is 2. The Balaban J connectivity index is 0.00000161. The summed E-state index contributed by atoms with van der Waals surface area (Å²) in [5.74, 6) is 0. The maximum Gasteiger partial charge on any atom is 0.282 e. The van der Waals surface area contributed by atoms with Gasteiger partial charge in [0.25, 0.3) is 10.2 Å². The number of halogens is 1. The average molecular weight is 340 g/mol. The lowest BCUT2D eigenvalue weighted by Crippen LogP contribution is -2.52. The van der Waals surface area contributed by atoms with Crippen LogP contribution >= 0.6 is 12.4 Å². The molecular weight excluding hydrogens is 314 g/mol. The van der Waals surface area contributed by atoms with Crippen molar-refractivity contribution in [1.29, 1.82) is 0 Å². The molecule has 1 spiro atoms. The van der Waals surface area contributed by atoms with Gasteiger partial charge >= 0.3 is 0 Å². The Morgan fingerprint density at radius 3 is 2.38 bits per heavy atom. The summed E-state index contributed by atoms with van der Waals surface area (Å²) in [6, 6.07) is 0. The van der Waals surface area contributed by atoms with E-state index in [4.69, 9.17) is 4.74 Å². The van der Waals surface area contributed by atoms with Gasteiger partial charge in [-0.2, -0.15) is 17.0 Å². The van der Waals surface area contributed by atoms with Crippen molar-refractivity contribution in [2.24, 2.45) is 5.41 Å². The molecule has 6 nitrogen and oxygen atoms in total. The standard InChI is InChI=1S/C13H25N3O3S.ClH/c1-11-7-16(8-12(2)19-11)20(17,18)15-6-4-13(10-15)3-5-14-9-13;/h11-12,14H,3-10H2,1-2H3;1H. The third-order valence-corrected chi connectivity index (χ3v) is 6.69. The fourth-order valence-corrected chi connectivity index (χ4v) is 5.60. The Hall–Kier alpha value is 0.0800. The van der Waals surface area contributed by atoms with E-state index in [-0.39, 0.29) is 30.0 Å². The summed E-state index contributed by atoms with van der Waals surface area (Å²) in [7, 11) is -3.33. The van der Waals surface area contributed by atoms with Crippen LogP contribution in [0.3, 0.4) is 0 Å². The highest BCUT2D eigenvalue weighted by atomic mass is 35.5. The molecule has 8 heteroatoms. The molecule has 0 aliphatic carbocycles. The first kappa shape index (κ1) is 17.4. The summed E-state index contributed by atoms with van der Waals surface area (Å²) in [4.78, 5) is 0. The molecule has 3 rings (SSSR count). The summed E-state index contributed by atoms with van der Waals surface area (Å²) >= 11 is 0. The summed E-state index contributed by atoms with van der Waals surface area (Å²) in [5, 5.41) is 3.37. The SMILES string of the molecule is CC1CN(S(=O)(=O)N2CCC3(CCNC3)C2)CC(C)O1.Cl. The van der Waals surface area contributed by atoms with Gasteiger partial charge in [-0.3, -0.25) is 0 Å². The minimum atomic E-state index is -3.33. The van der Waals surface area contributed by atoms with Gasteiger partial charge in [-0.1, -0.05) is 0 Å². The van der Waals surface area contributed by atoms with Crippen LogP contribution in [-0.4, -0.2) is 68.5 Å². The van der Waals surface area contributed by atoms with Crippen LogP contribution in [0.25, 0.3) is 0 Å². The molecule has 0 aromatic carbocycles. The van der Waals surface area contributed by atoms with Crippen LogP contribution in [-0.2, 0) is 14.9 Å². The van der Waals surface area contributed by atoms with Crippen LogP contribution in [0.1, 0.15) is 26.7 Å². The fourth-order valence-electron chi connectivity index (χ4n) is 3.72. The molecule has 0 bridgehead atoms. The van der Waals surface area contributed by atoms with E-state index >= 15 is 0 Å². The van der Waals surface area contributed by atoms with E-state index in [1.807, 2.05) is 13.8 Å². The van der Waals surface area contributed by atoms with Crippen LogP contribution in [0.2, 0.25) is 0 Å². The van der Waals surface area contributed by atoms with Gasteiger partial charge in [-0.15, -0.1) is 12.4 Å². The second-order valence-electron chi connectivity index (χ2n) is 6.59. The van der Waals surface area contributed by atoms with Crippen molar-refractivity contribution in [3.05, 3.63) is 0 Å². The minimum absolute atomic E-state index is 0. The van der Waals surface area contributed by atoms with Gasteiger partial charge in [0.1, 0.15) is 0 Å². The molecule has 3 fully saturated rings. The third kappa shape index (κ3) is 3.38. The Morgan fingerprint density at radius 1 is 1.14 bits per heavy atom. The van der Waals surface area contributed by atoms with Crippen molar-refractivity contribution in [2.45, 2.75) is 38.9 Å². The van der Waals surface area contributed by atoms with E-state index in [1.165, 1.54) is 0 Å². The zero-order valence-electron chi connectivity index (χ0n) is 12.7. The van der Waals surface area contributed by atoms with Crippen LogP contribution in [0.4, 0.5) is 0 Å². The molecule has 21 heavy (non-hydrogen) atoms. The molecule has 0 aromatic heterocycles. The van der Waals surface area contributed by atoms with Gasteiger partial charge in [0.05, 0.1) is 12.2 Å². The van der Waals surface area contributed by atoms with Gasteiger partial charge in [0.15, 0.2) is 0 Å². The van der Waals surface area contributed by atoms with Gasteiger partial charge in [-0.05, 0) is 38.6 Å². The van der Waals surface area contributed by atoms with Crippen LogP contribution in [0.15, 0.2) is 0 Å². The monoisotopic (exact) mass is 339 g/mol. The minimum Gasteiger partial charge on any atom is -0.373 e. The molecule has 3 atom stereocenters. The molecule has 0 saturated carbocycles. The maximum absolute atomic E-state index is 12.8. The van der Waals surface area contributed by atoms with Crippen LogP contribution < -0.4 is 5.32 Å². The predicted molar refractivity (Wildman–Crippen MR) is 83.9 cm³/mol. The molecule has 0 aromatic rings. The van der Waals surface area contributed by atoms with Crippen LogP contribution in [0.5, 0.6) is 0 Å². The maximum atomic E-state index is 12.8. The molecule has 0 amide bonds. The molecule has 0 radical (unpaired) electrons. The lowest BCUT2D eigenvalue weighted by Gasteiger charge is -2.36. The normalized spacial score (nSPS) is 38.8. The first-order chi connectivity index (χ1) is 9.41. The van der Waals surface area contributed by atoms with E-state index in [0.29, 0.717) is 26.2 Å². The highest BCUT2D eigenvalue weighted by Crippen LogP contribution is 2.38. The second-order valence-corrected chi connectivity index (χ2v) is 8.52. The lowest BCUT2D eigenvalue weighted by atomic mass is 9.87. The van der Waals surface area contributed by atoms with E-state index < -0.39 is 10.2 Å². The van der Waals surface area contributed by atoms with Gasteiger partial charge in [-0.25, -0.2) is 0 Å². The first-order valence-corrected chi connectivity index (χ1v) is 8.92. The van der Waals surface area contributed by atoms with Crippen molar-refractivity contribution < 1.29 is 13.2 Å². The lowest BCUT2D eigenvalue weighted by molar-refractivity contribution is -0.0453. The average Bonchev–Trinajstić information content (AvgIpc) is 2.99. The zero-order valence-corrected chi connectivity index (χ0v) is 14.4. The Bertz CT molecular complexity index is 457. The van der Waals surface area contributed by atoms with Crippen molar-refractivity contribution in [1.82, 2.24) is 13.9 Å². The first-order valence-electron chi connectivity index (χ1n) is 7.53. The largest absolute Gasteiger partial charge is 0.373 e. The van der Waals surface area contributed by atoms with E-state index in [1.54, 1.807) is 8.61 Å². The number of hydrogen-bond acceptors (Lipinski definition) is 4. The van der Waals surface area contributed by atoms with Crippen LogP contribution in [0, 0.1) is 5.41 Å². The zero-order chi connectivity index (χ0) is 14.4. The highest BCUT2D eigenvalue weighted by Gasteiger charge is 2.46. The Kier molecular flexibility index (Phi) is 5.23. The quantitative estimate of drug-likeness (QED) is 0.793. The number of nitrogens with one attached hydrogen (secondary N) is 1. The Labute approximate surface area is 133 Å². The fraction of sp³-hybridized carbons (Fsp3) is 1.00. The molecule has 3 saturated heterocycles. The molecule has 3 heterocycles. The molecule has 124 valence electrons. The molecule has 3 unspecified atom stereocenters. The summed E-state index contributed by atoms with van der Waals surface area (Å²) < 4.78 is 34.5. The number of hydrogen-bond donors (Lipinski definition) is 1. The van der Waals surface area contributed by atoms with Crippen molar-refractivity contribution in [3.8, 4) is 0 Å². The third-order valence-electron chi connectivity index (χ3n) is 4.77. The summed E-state index contributed by atoms with van der Waals surface area (Å²) in [6.45, 7) is 8.10.